The van der Waals surface area contributed by atoms with Crippen molar-refractivity contribution in [3.63, 3.8) is 0 Å². The third-order valence-corrected chi connectivity index (χ3v) is 5.62. The molecule has 1 heterocycles. The molecule has 1 aromatic heterocycles. The Morgan fingerprint density at radius 1 is 1.04 bits per heavy atom. The largest absolute Gasteiger partial charge is 0.383 e. The SMILES string of the molecule is CN(C)CCNc1ccc(NC(=O)c2ccc(S(=O)(=O)N(C)C)cc2)nc1. The molecule has 0 fully saturated rings. The standard InChI is InChI=1S/C18H25N5O3S/c1-22(2)12-11-19-15-7-10-17(20-13-15)21-18(24)14-5-8-16(9-6-14)27(25,26)23(3)4/h5-10,13,19H,11-12H2,1-4H3,(H,20,21,24). The minimum Gasteiger partial charge on any atom is -0.383 e. The second-order valence-electron chi connectivity index (χ2n) is 6.43. The molecule has 0 aliphatic carbocycles. The number of likely N-dealkylation sites (N-methyl/N-ethyl adjacent to an activating group) is 1. The van der Waals surface area contributed by atoms with Gasteiger partial charge in [-0.15, -0.1) is 0 Å². The molecule has 0 radical (unpaired) electrons. The fourth-order valence-electron chi connectivity index (χ4n) is 2.17. The van der Waals surface area contributed by atoms with Crippen molar-refractivity contribution in [2.24, 2.45) is 0 Å². The van der Waals surface area contributed by atoms with E-state index in [-0.39, 0.29) is 10.8 Å². The molecule has 0 aliphatic rings. The molecule has 1 amide bonds. The lowest BCUT2D eigenvalue weighted by Gasteiger charge is -2.12. The number of sulfonamides is 1. The fourth-order valence-corrected chi connectivity index (χ4v) is 3.08. The molecular weight excluding hydrogens is 366 g/mol. The van der Waals surface area contributed by atoms with Crippen LogP contribution in [0.15, 0.2) is 47.5 Å². The Kier molecular flexibility index (Phi) is 6.89. The highest BCUT2D eigenvalue weighted by Crippen LogP contribution is 2.15. The number of aromatic nitrogens is 1. The van der Waals surface area contributed by atoms with Gasteiger partial charge in [0.05, 0.1) is 16.8 Å². The van der Waals surface area contributed by atoms with Crippen LogP contribution in [0.2, 0.25) is 0 Å². The number of benzene rings is 1. The summed E-state index contributed by atoms with van der Waals surface area (Å²) in [5.74, 6) is 0.0627. The lowest BCUT2D eigenvalue weighted by molar-refractivity contribution is 0.102. The van der Waals surface area contributed by atoms with E-state index in [1.165, 1.54) is 38.4 Å². The molecular formula is C18H25N5O3S. The zero-order valence-corrected chi connectivity index (χ0v) is 16.7. The number of nitrogens with one attached hydrogen (secondary N) is 2. The van der Waals surface area contributed by atoms with Crippen LogP contribution in [0, 0.1) is 0 Å². The van der Waals surface area contributed by atoms with E-state index in [0.29, 0.717) is 11.4 Å². The first kappa shape index (κ1) is 20.8. The van der Waals surface area contributed by atoms with Crippen molar-refractivity contribution in [3.05, 3.63) is 48.2 Å². The Hall–Kier alpha value is -2.49. The molecule has 8 nitrogen and oxygen atoms in total. The zero-order valence-electron chi connectivity index (χ0n) is 15.9. The normalized spacial score (nSPS) is 11.6. The van der Waals surface area contributed by atoms with Gasteiger partial charge in [0.15, 0.2) is 0 Å². The first-order chi connectivity index (χ1) is 12.7. The van der Waals surface area contributed by atoms with E-state index >= 15 is 0 Å². The molecule has 0 bridgehead atoms. The fraction of sp³-hybridized carbons (Fsp3) is 0.333. The van der Waals surface area contributed by atoms with Crippen LogP contribution in [0.4, 0.5) is 11.5 Å². The van der Waals surface area contributed by atoms with Crippen LogP contribution >= 0.6 is 0 Å². The van der Waals surface area contributed by atoms with Crippen LogP contribution in [0.25, 0.3) is 0 Å². The lowest BCUT2D eigenvalue weighted by atomic mass is 10.2. The van der Waals surface area contributed by atoms with E-state index < -0.39 is 10.0 Å². The number of amides is 1. The van der Waals surface area contributed by atoms with Gasteiger partial charge in [-0.3, -0.25) is 4.79 Å². The number of carbonyl (C=O) groups is 1. The maximum atomic E-state index is 12.3. The van der Waals surface area contributed by atoms with Crippen LogP contribution in [-0.4, -0.2) is 69.8 Å². The van der Waals surface area contributed by atoms with Gasteiger partial charge in [-0.2, -0.15) is 0 Å². The summed E-state index contributed by atoms with van der Waals surface area (Å²) in [4.78, 5) is 18.7. The Balaban J connectivity index is 1.99. The number of pyridine rings is 1. The third-order valence-electron chi connectivity index (χ3n) is 3.79. The highest BCUT2D eigenvalue weighted by molar-refractivity contribution is 7.89. The smallest absolute Gasteiger partial charge is 0.256 e. The van der Waals surface area contributed by atoms with E-state index in [4.69, 9.17) is 0 Å². The second kappa shape index (κ2) is 8.94. The number of carbonyl (C=O) groups excluding carboxylic acids is 1. The van der Waals surface area contributed by atoms with Gasteiger partial charge in [0.1, 0.15) is 5.82 Å². The minimum absolute atomic E-state index is 0.135. The van der Waals surface area contributed by atoms with Crippen LogP contribution < -0.4 is 10.6 Å². The number of hydrogen-bond donors (Lipinski definition) is 2. The number of nitrogens with zero attached hydrogens (tertiary/aromatic N) is 3. The van der Waals surface area contributed by atoms with E-state index in [1.54, 1.807) is 12.3 Å². The molecule has 2 aromatic rings. The van der Waals surface area contributed by atoms with Crippen LogP contribution in [0.5, 0.6) is 0 Å². The van der Waals surface area contributed by atoms with Crippen LogP contribution in [0.1, 0.15) is 10.4 Å². The minimum atomic E-state index is -3.52. The van der Waals surface area contributed by atoms with Gasteiger partial charge < -0.3 is 15.5 Å². The van der Waals surface area contributed by atoms with E-state index in [2.05, 4.69) is 20.5 Å². The molecule has 1 aromatic carbocycles. The van der Waals surface area contributed by atoms with Crippen molar-refractivity contribution < 1.29 is 13.2 Å². The summed E-state index contributed by atoms with van der Waals surface area (Å²) in [6, 6.07) is 9.32. The first-order valence-electron chi connectivity index (χ1n) is 8.39. The van der Waals surface area contributed by atoms with Gasteiger partial charge in [0, 0.05) is 32.7 Å². The van der Waals surface area contributed by atoms with Crippen molar-refractivity contribution in [2.45, 2.75) is 4.90 Å². The van der Waals surface area contributed by atoms with Gasteiger partial charge >= 0.3 is 0 Å². The van der Waals surface area contributed by atoms with E-state index in [1.807, 2.05) is 20.2 Å². The summed E-state index contributed by atoms with van der Waals surface area (Å²) in [6.07, 6.45) is 1.65. The van der Waals surface area contributed by atoms with Gasteiger partial charge in [0.25, 0.3) is 5.91 Å². The van der Waals surface area contributed by atoms with Crippen molar-refractivity contribution in [3.8, 4) is 0 Å². The summed E-state index contributed by atoms with van der Waals surface area (Å²) in [5, 5.41) is 5.93. The van der Waals surface area contributed by atoms with Gasteiger partial charge in [-0.05, 0) is 50.5 Å². The summed E-state index contributed by atoms with van der Waals surface area (Å²) in [6.45, 7) is 1.70. The highest BCUT2D eigenvalue weighted by atomic mass is 32.2. The Bertz CT molecular complexity index is 863. The zero-order chi connectivity index (χ0) is 20.0. The quantitative estimate of drug-likeness (QED) is 0.709. The predicted molar refractivity (Wildman–Crippen MR) is 107 cm³/mol. The van der Waals surface area contributed by atoms with E-state index in [0.717, 1.165) is 23.1 Å². The molecule has 27 heavy (non-hydrogen) atoms. The van der Waals surface area contributed by atoms with Gasteiger partial charge in [0.2, 0.25) is 10.0 Å². The monoisotopic (exact) mass is 391 g/mol. The summed E-state index contributed by atoms with van der Waals surface area (Å²) in [7, 11) is 3.40. The lowest BCUT2D eigenvalue weighted by Crippen LogP contribution is -2.22. The molecule has 146 valence electrons. The van der Waals surface area contributed by atoms with Crippen molar-refractivity contribution >= 4 is 27.4 Å². The summed E-state index contributed by atoms with van der Waals surface area (Å²) in [5.41, 5.74) is 1.22. The molecule has 9 heteroatoms. The molecule has 2 N–H and O–H groups in total. The third kappa shape index (κ3) is 5.75. The predicted octanol–water partition coefficient (Wildman–Crippen LogP) is 1.56. The molecule has 0 saturated heterocycles. The molecule has 0 saturated carbocycles. The van der Waals surface area contributed by atoms with Crippen LogP contribution in [-0.2, 0) is 10.0 Å². The second-order valence-corrected chi connectivity index (χ2v) is 8.58. The highest BCUT2D eigenvalue weighted by Gasteiger charge is 2.17. The maximum Gasteiger partial charge on any atom is 0.256 e. The van der Waals surface area contributed by atoms with Crippen molar-refractivity contribution in [1.82, 2.24) is 14.2 Å². The molecule has 0 atom stereocenters. The first-order valence-corrected chi connectivity index (χ1v) is 9.83. The van der Waals surface area contributed by atoms with Crippen molar-refractivity contribution in [2.75, 3.05) is 51.9 Å². The molecule has 0 unspecified atom stereocenters. The topological polar surface area (TPSA) is 94.6 Å². The number of anilines is 2. The van der Waals surface area contributed by atoms with Crippen LogP contribution in [0.3, 0.4) is 0 Å². The average molecular weight is 391 g/mol. The Morgan fingerprint density at radius 2 is 1.70 bits per heavy atom. The molecule has 0 spiro atoms. The average Bonchev–Trinajstić information content (AvgIpc) is 2.63. The number of rotatable bonds is 8. The summed E-state index contributed by atoms with van der Waals surface area (Å²) < 4.78 is 25.2. The molecule has 2 rings (SSSR count). The number of hydrogen-bond acceptors (Lipinski definition) is 6. The summed E-state index contributed by atoms with van der Waals surface area (Å²) >= 11 is 0. The van der Waals surface area contributed by atoms with Gasteiger partial charge in [-0.25, -0.2) is 17.7 Å². The van der Waals surface area contributed by atoms with E-state index in [9.17, 15) is 13.2 Å². The Labute approximate surface area is 160 Å². The van der Waals surface area contributed by atoms with Crippen molar-refractivity contribution in [1.29, 1.82) is 0 Å². The Morgan fingerprint density at radius 3 is 2.22 bits per heavy atom. The maximum absolute atomic E-state index is 12.3. The molecule has 0 aliphatic heterocycles. The van der Waals surface area contributed by atoms with Gasteiger partial charge in [-0.1, -0.05) is 0 Å².